The normalized spacial score (nSPS) is 8.70. The highest BCUT2D eigenvalue weighted by Gasteiger charge is 2.00. The molecule has 1 aromatic heterocycles. The molecule has 3 nitrogen and oxygen atoms in total. The highest BCUT2D eigenvalue weighted by Crippen LogP contribution is 1.94. The largest absolute Gasteiger partial charge is 0.312 e. The zero-order valence-electron chi connectivity index (χ0n) is 5.36. The molecule has 0 atom stereocenters. The maximum atomic E-state index is 8.85. The number of hydrogen-bond acceptors (Lipinski definition) is 1. The monoisotopic (exact) mass is 135 g/mol. The van der Waals surface area contributed by atoms with Crippen LogP contribution in [0.3, 0.4) is 0 Å². The maximum Gasteiger partial charge on any atom is 0.245 e. The topological polar surface area (TPSA) is 28.5 Å². The van der Waals surface area contributed by atoms with Gasteiger partial charge in [0.15, 0.2) is 0 Å². The molecule has 1 aromatic rings. The molecule has 0 fully saturated rings. The third kappa shape index (κ3) is 1.46. The van der Waals surface area contributed by atoms with Crippen LogP contribution in [-0.2, 0) is 6.54 Å². The molecule has 0 spiro atoms. The van der Waals surface area contributed by atoms with E-state index in [9.17, 15) is 0 Å². The molecule has 50 valence electrons. The first-order valence-electron chi connectivity index (χ1n) is 2.85. The predicted molar refractivity (Wildman–Crippen MR) is 34.1 cm³/mol. The highest BCUT2D eigenvalue weighted by atomic mass is 16.5. The number of rotatable bonds is 1. The standard InChI is InChI=1S/C7H7N2O/c1-8-5-7-3-2-4-9(10)6-7/h2-4,6,10H,5H2/q+1. The van der Waals surface area contributed by atoms with Gasteiger partial charge in [0.25, 0.3) is 0 Å². The fourth-order valence-electron chi connectivity index (χ4n) is 0.696. The summed E-state index contributed by atoms with van der Waals surface area (Å²) in [5.74, 6) is 0. The first-order valence-corrected chi connectivity index (χ1v) is 2.85. The summed E-state index contributed by atoms with van der Waals surface area (Å²) in [6.45, 7) is 6.87. The summed E-state index contributed by atoms with van der Waals surface area (Å²) in [7, 11) is 0. The van der Waals surface area contributed by atoms with Crippen LogP contribution in [0.5, 0.6) is 0 Å². The van der Waals surface area contributed by atoms with Crippen LogP contribution in [0.15, 0.2) is 24.5 Å². The summed E-state index contributed by atoms with van der Waals surface area (Å²) < 4.78 is 0.945. The number of hydrogen-bond donors (Lipinski definition) is 1. The van der Waals surface area contributed by atoms with Gasteiger partial charge in [-0.2, -0.15) is 0 Å². The fourth-order valence-corrected chi connectivity index (χ4v) is 0.696. The minimum Gasteiger partial charge on any atom is -0.312 e. The van der Waals surface area contributed by atoms with Crippen molar-refractivity contribution in [2.75, 3.05) is 0 Å². The first kappa shape index (κ1) is 6.56. The second kappa shape index (κ2) is 2.83. The van der Waals surface area contributed by atoms with Crippen molar-refractivity contribution in [1.29, 1.82) is 0 Å². The van der Waals surface area contributed by atoms with E-state index >= 15 is 0 Å². The van der Waals surface area contributed by atoms with E-state index < -0.39 is 0 Å². The summed E-state index contributed by atoms with van der Waals surface area (Å²) in [4.78, 5) is 3.17. The van der Waals surface area contributed by atoms with Gasteiger partial charge in [0, 0.05) is 10.8 Å². The van der Waals surface area contributed by atoms with Crippen molar-refractivity contribution < 1.29 is 9.94 Å². The average molecular weight is 135 g/mol. The number of aromatic nitrogens is 1. The predicted octanol–water partition coefficient (Wildman–Crippen LogP) is 0.631. The molecule has 0 aliphatic carbocycles. The van der Waals surface area contributed by atoms with E-state index in [4.69, 9.17) is 11.8 Å². The van der Waals surface area contributed by atoms with Crippen molar-refractivity contribution in [2.24, 2.45) is 0 Å². The van der Waals surface area contributed by atoms with Gasteiger partial charge in [-0.3, -0.25) is 5.21 Å². The van der Waals surface area contributed by atoms with E-state index in [-0.39, 0.29) is 0 Å². The molecule has 3 heteroatoms. The molecular weight excluding hydrogens is 128 g/mol. The van der Waals surface area contributed by atoms with Crippen LogP contribution in [0.25, 0.3) is 4.85 Å². The van der Waals surface area contributed by atoms with Crippen molar-refractivity contribution in [1.82, 2.24) is 0 Å². The van der Waals surface area contributed by atoms with Crippen molar-refractivity contribution in [3.63, 3.8) is 0 Å². The molecule has 0 unspecified atom stereocenters. The van der Waals surface area contributed by atoms with Crippen LogP contribution in [0.4, 0.5) is 0 Å². The number of pyridine rings is 1. The number of nitrogens with zero attached hydrogens (tertiary/aromatic N) is 2. The molecule has 1 heterocycles. The molecule has 0 radical (unpaired) electrons. The Kier molecular flexibility index (Phi) is 1.86. The smallest absolute Gasteiger partial charge is 0.245 e. The SMILES string of the molecule is [C-]#[N+]Cc1ccc[n+](O)c1. The quantitative estimate of drug-likeness (QED) is 0.341. The Bertz CT molecular complexity index is 265. The summed E-state index contributed by atoms with van der Waals surface area (Å²) in [5.41, 5.74) is 0.819. The Balaban J connectivity index is 2.87. The van der Waals surface area contributed by atoms with E-state index in [0.29, 0.717) is 6.54 Å². The van der Waals surface area contributed by atoms with Gasteiger partial charge in [-0.15, -0.1) is 0 Å². The molecule has 0 bridgehead atoms. The van der Waals surface area contributed by atoms with Gasteiger partial charge in [-0.25, -0.2) is 6.57 Å². The van der Waals surface area contributed by atoms with Crippen LogP contribution in [0.2, 0.25) is 0 Å². The molecule has 1 N–H and O–H groups in total. The molecule has 0 saturated carbocycles. The molecule has 10 heavy (non-hydrogen) atoms. The Morgan fingerprint density at radius 1 is 1.70 bits per heavy atom. The van der Waals surface area contributed by atoms with E-state index in [1.807, 2.05) is 0 Å². The Labute approximate surface area is 58.9 Å². The minimum absolute atomic E-state index is 0.321. The van der Waals surface area contributed by atoms with Gasteiger partial charge < -0.3 is 4.85 Å². The van der Waals surface area contributed by atoms with Gasteiger partial charge in [0.2, 0.25) is 18.9 Å². The fraction of sp³-hybridized carbons (Fsp3) is 0.143. The average Bonchev–Trinajstić information content (AvgIpc) is 1.88. The van der Waals surface area contributed by atoms with Gasteiger partial charge in [0.1, 0.15) is 0 Å². The molecular formula is C7H7N2O+. The second-order valence-electron chi connectivity index (χ2n) is 1.91. The molecule has 0 amide bonds. The van der Waals surface area contributed by atoms with E-state index in [1.165, 1.54) is 12.4 Å². The molecule has 0 aromatic carbocycles. The van der Waals surface area contributed by atoms with Crippen LogP contribution < -0.4 is 4.73 Å². The van der Waals surface area contributed by atoms with E-state index in [2.05, 4.69) is 4.85 Å². The van der Waals surface area contributed by atoms with Crippen LogP contribution in [0, 0.1) is 6.57 Å². The summed E-state index contributed by atoms with van der Waals surface area (Å²) in [6.07, 6.45) is 3.02. The van der Waals surface area contributed by atoms with Crippen molar-refractivity contribution in [3.05, 3.63) is 41.5 Å². The minimum atomic E-state index is 0.321. The maximum absolute atomic E-state index is 8.85. The Morgan fingerprint density at radius 3 is 3.10 bits per heavy atom. The third-order valence-electron chi connectivity index (χ3n) is 1.11. The van der Waals surface area contributed by atoms with Gasteiger partial charge in [-0.1, -0.05) is 0 Å². The molecule has 1 rings (SSSR count). The lowest BCUT2D eigenvalue weighted by Gasteiger charge is -1.84. The van der Waals surface area contributed by atoms with Crippen molar-refractivity contribution in [3.8, 4) is 0 Å². The van der Waals surface area contributed by atoms with Crippen molar-refractivity contribution >= 4 is 0 Å². The van der Waals surface area contributed by atoms with Gasteiger partial charge >= 0.3 is 0 Å². The van der Waals surface area contributed by atoms with E-state index in [0.717, 1.165) is 10.3 Å². The lowest BCUT2D eigenvalue weighted by molar-refractivity contribution is -0.905. The Hall–Kier alpha value is -1.56. The van der Waals surface area contributed by atoms with Gasteiger partial charge in [-0.05, 0) is 6.07 Å². The summed E-state index contributed by atoms with van der Waals surface area (Å²) >= 11 is 0. The van der Waals surface area contributed by atoms with Crippen LogP contribution in [0.1, 0.15) is 5.56 Å². The van der Waals surface area contributed by atoms with E-state index in [1.54, 1.807) is 12.1 Å². The van der Waals surface area contributed by atoms with Crippen LogP contribution >= 0.6 is 0 Å². The zero-order valence-corrected chi connectivity index (χ0v) is 5.36. The third-order valence-corrected chi connectivity index (χ3v) is 1.11. The lowest BCUT2D eigenvalue weighted by atomic mass is 10.3. The van der Waals surface area contributed by atoms with Crippen molar-refractivity contribution in [2.45, 2.75) is 6.54 Å². The molecule has 0 saturated heterocycles. The zero-order chi connectivity index (χ0) is 7.40. The molecule has 0 aliphatic heterocycles. The summed E-state index contributed by atoms with van der Waals surface area (Å²) in [6, 6.07) is 3.49. The highest BCUT2D eigenvalue weighted by molar-refractivity contribution is 5.06. The lowest BCUT2D eigenvalue weighted by Crippen LogP contribution is -2.28. The van der Waals surface area contributed by atoms with Gasteiger partial charge in [0.05, 0.1) is 5.56 Å². The second-order valence-corrected chi connectivity index (χ2v) is 1.91. The van der Waals surface area contributed by atoms with Crippen LogP contribution in [-0.4, -0.2) is 5.21 Å². The summed E-state index contributed by atoms with van der Waals surface area (Å²) in [5, 5.41) is 8.85. The molecule has 0 aliphatic rings. The Morgan fingerprint density at radius 2 is 2.50 bits per heavy atom. The first-order chi connectivity index (χ1) is 4.83.